The Bertz CT molecular complexity index is 569. The van der Waals surface area contributed by atoms with Gasteiger partial charge >= 0.3 is 0 Å². The highest BCUT2D eigenvalue weighted by Gasteiger charge is 2.13. The van der Waals surface area contributed by atoms with Gasteiger partial charge in [0.1, 0.15) is 0 Å². The van der Waals surface area contributed by atoms with Gasteiger partial charge in [0, 0.05) is 12.2 Å². The standard InChI is InChI=1S/C13H18N4O3/c1-4-19-12-7-11(20-17-12)13(18)14-6-5-10-8(2)15-16-9(10)3/h7H,4-6H2,1-3H3,(H,14,18)(H,15,16). The normalized spacial score (nSPS) is 10.6. The Labute approximate surface area is 116 Å². The zero-order valence-electron chi connectivity index (χ0n) is 11.8. The number of hydrogen-bond donors (Lipinski definition) is 2. The third-order valence-electron chi connectivity index (χ3n) is 2.95. The van der Waals surface area contributed by atoms with E-state index < -0.39 is 0 Å². The number of hydrogen-bond acceptors (Lipinski definition) is 5. The van der Waals surface area contributed by atoms with Crippen LogP contribution in [-0.2, 0) is 6.42 Å². The highest BCUT2D eigenvalue weighted by Crippen LogP contribution is 2.12. The van der Waals surface area contributed by atoms with E-state index in [4.69, 9.17) is 9.26 Å². The molecular formula is C13H18N4O3. The van der Waals surface area contributed by atoms with Crippen LogP contribution in [0.15, 0.2) is 10.6 Å². The second-order valence-electron chi connectivity index (χ2n) is 4.38. The molecule has 0 radical (unpaired) electrons. The maximum atomic E-state index is 11.8. The lowest BCUT2D eigenvalue weighted by Crippen LogP contribution is -2.25. The molecule has 0 spiro atoms. The van der Waals surface area contributed by atoms with Gasteiger partial charge in [-0.2, -0.15) is 5.10 Å². The average molecular weight is 278 g/mol. The van der Waals surface area contributed by atoms with E-state index >= 15 is 0 Å². The molecule has 0 saturated carbocycles. The summed E-state index contributed by atoms with van der Waals surface area (Å²) >= 11 is 0. The summed E-state index contributed by atoms with van der Waals surface area (Å²) in [6, 6.07) is 1.48. The third-order valence-corrected chi connectivity index (χ3v) is 2.95. The molecule has 2 heterocycles. The third kappa shape index (κ3) is 3.17. The highest BCUT2D eigenvalue weighted by atomic mass is 16.5. The van der Waals surface area contributed by atoms with E-state index in [9.17, 15) is 4.79 Å². The van der Waals surface area contributed by atoms with Crippen LogP contribution in [0.1, 0.15) is 34.4 Å². The largest absolute Gasteiger partial charge is 0.476 e. The molecule has 2 aromatic heterocycles. The van der Waals surface area contributed by atoms with E-state index in [0.717, 1.165) is 17.0 Å². The average Bonchev–Trinajstić information content (AvgIpc) is 3.00. The zero-order valence-corrected chi connectivity index (χ0v) is 11.8. The molecule has 0 aromatic carbocycles. The maximum Gasteiger partial charge on any atom is 0.290 e. The van der Waals surface area contributed by atoms with Crippen molar-refractivity contribution in [1.29, 1.82) is 0 Å². The van der Waals surface area contributed by atoms with Gasteiger partial charge in [-0.1, -0.05) is 0 Å². The quantitative estimate of drug-likeness (QED) is 0.832. The van der Waals surface area contributed by atoms with Crippen molar-refractivity contribution in [3.8, 4) is 5.88 Å². The first kappa shape index (κ1) is 14.1. The van der Waals surface area contributed by atoms with E-state index in [2.05, 4.69) is 20.7 Å². The molecule has 7 heteroatoms. The molecule has 2 N–H and O–H groups in total. The fourth-order valence-corrected chi connectivity index (χ4v) is 1.91. The highest BCUT2D eigenvalue weighted by molar-refractivity contribution is 5.91. The SMILES string of the molecule is CCOc1cc(C(=O)NCCc2c(C)n[nH]c2C)on1. The molecule has 0 unspecified atom stereocenters. The van der Waals surface area contributed by atoms with Crippen LogP contribution < -0.4 is 10.1 Å². The summed E-state index contributed by atoms with van der Waals surface area (Å²) in [6.45, 7) is 6.72. The van der Waals surface area contributed by atoms with E-state index in [-0.39, 0.29) is 11.7 Å². The van der Waals surface area contributed by atoms with Crippen LogP contribution in [0.2, 0.25) is 0 Å². The number of carbonyl (C=O) groups is 1. The van der Waals surface area contributed by atoms with Crippen molar-refractivity contribution in [1.82, 2.24) is 20.7 Å². The number of ether oxygens (including phenoxy) is 1. The van der Waals surface area contributed by atoms with Gasteiger partial charge in [0.05, 0.1) is 18.4 Å². The predicted octanol–water partition coefficient (Wildman–Crippen LogP) is 1.39. The van der Waals surface area contributed by atoms with Gasteiger partial charge in [-0.25, -0.2) is 0 Å². The Balaban J connectivity index is 1.86. The minimum absolute atomic E-state index is 0.147. The van der Waals surface area contributed by atoms with Crippen molar-refractivity contribution in [3.05, 3.63) is 28.8 Å². The van der Waals surface area contributed by atoms with Crippen LogP contribution in [0.3, 0.4) is 0 Å². The van der Waals surface area contributed by atoms with Crippen molar-refractivity contribution in [2.24, 2.45) is 0 Å². The molecule has 108 valence electrons. The first-order valence-corrected chi connectivity index (χ1v) is 6.50. The van der Waals surface area contributed by atoms with Crippen molar-refractivity contribution >= 4 is 5.91 Å². The molecule has 0 bridgehead atoms. The number of carbonyl (C=O) groups excluding carboxylic acids is 1. The molecule has 2 rings (SSSR count). The van der Waals surface area contributed by atoms with E-state index in [1.807, 2.05) is 20.8 Å². The molecule has 0 aliphatic heterocycles. The van der Waals surface area contributed by atoms with Crippen molar-refractivity contribution < 1.29 is 14.1 Å². The van der Waals surface area contributed by atoms with Gasteiger partial charge in [-0.15, -0.1) is 0 Å². The first-order valence-electron chi connectivity index (χ1n) is 6.50. The molecular weight excluding hydrogens is 260 g/mol. The zero-order chi connectivity index (χ0) is 14.5. The number of nitrogens with one attached hydrogen (secondary N) is 2. The summed E-state index contributed by atoms with van der Waals surface area (Å²) in [6.07, 6.45) is 0.715. The Morgan fingerprint density at radius 3 is 2.95 bits per heavy atom. The second kappa shape index (κ2) is 6.23. The lowest BCUT2D eigenvalue weighted by molar-refractivity contribution is 0.0917. The van der Waals surface area contributed by atoms with Crippen molar-refractivity contribution in [2.75, 3.05) is 13.2 Å². The molecule has 2 aromatic rings. The topological polar surface area (TPSA) is 93.0 Å². The Morgan fingerprint density at radius 1 is 1.50 bits per heavy atom. The van der Waals surface area contributed by atoms with Gasteiger partial charge < -0.3 is 14.6 Å². The summed E-state index contributed by atoms with van der Waals surface area (Å²) in [5.74, 6) is 0.163. The minimum Gasteiger partial charge on any atom is -0.476 e. The molecule has 1 amide bonds. The van der Waals surface area contributed by atoms with Crippen LogP contribution in [0.5, 0.6) is 5.88 Å². The van der Waals surface area contributed by atoms with Crippen LogP contribution >= 0.6 is 0 Å². The number of aryl methyl sites for hydroxylation is 2. The minimum atomic E-state index is -0.303. The number of aromatic nitrogens is 3. The number of H-pyrrole nitrogens is 1. The van der Waals surface area contributed by atoms with Gasteiger partial charge in [-0.05, 0) is 37.9 Å². The van der Waals surface area contributed by atoms with E-state index in [0.29, 0.717) is 25.5 Å². The van der Waals surface area contributed by atoms with Gasteiger partial charge in [-0.3, -0.25) is 9.89 Å². The molecule has 7 nitrogen and oxygen atoms in total. The number of amides is 1. The van der Waals surface area contributed by atoms with Gasteiger partial charge in [0.15, 0.2) is 0 Å². The fourth-order valence-electron chi connectivity index (χ4n) is 1.91. The molecule has 20 heavy (non-hydrogen) atoms. The summed E-state index contributed by atoms with van der Waals surface area (Å²) in [5.41, 5.74) is 3.10. The molecule has 0 fully saturated rings. The summed E-state index contributed by atoms with van der Waals surface area (Å²) in [4.78, 5) is 11.8. The van der Waals surface area contributed by atoms with E-state index in [1.54, 1.807) is 0 Å². The van der Waals surface area contributed by atoms with Crippen LogP contribution in [0, 0.1) is 13.8 Å². The summed E-state index contributed by atoms with van der Waals surface area (Å²) in [7, 11) is 0. The lowest BCUT2D eigenvalue weighted by Gasteiger charge is -2.03. The Morgan fingerprint density at radius 2 is 2.30 bits per heavy atom. The Hall–Kier alpha value is -2.31. The van der Waals surface area contributed by atoms with Gasteiger partial charge in [0.2, 0.25) is 5.76 Å². The second-order valence-corrected chi connectivity index (χ2v) is 4.38. The molecule has 0 aliphatic rings. The molecule has 0 aliphatic carbocycles. The monoisotopic (exact) mass is 278 g/mol. The lowest BCUT2D eigenvalue weighted by atomic mass is 10.1. The first-order chi connectivity index (χ1) is 9.61. The summed E-state index contributed by atoms with van der Waals surface area (Å²) < 4.78 is 10.0. The Kier molecular flexibility index (Phi) is 4.39. The fraction of sp³-hybridized carbons (Fsp3) is 0.462. The van der Waals surface area contributed by atoms with Crippen LogP contribution in [0.4, 0.5) is 0 Å². The van der Waals surface area contributed by atoms with E-state index in [1.165, 1.54) is 6.07 Å². The number of aromatic amines is 1. The van der Waals surface area contributed by atoms with Gasteiger partial charge in [0.25, 0.3) is 11.8 Å². The number of rotatable bonds is 6. The smallest absolute Gasteiger partial charge is 0.290 e. The molecule has 0 saturated heterocycles. The van der Waals surface area contributed by atoms with Crippen molar-refractivity contribution in [3.63, 3.8) is 0 Å². The summed E-state index contributed by atoms with van der Waals surface area (Å²) in [5, 5.41) is 13.4. The number of nitrogens with zero attached hydrogens (tertiary/aromatic N) is 2. The van der Waals surface area contributed by atoms with Crippen LogP contribution in [0.25, 0.3) is 0 Å². The van der Waals surface area contributed by atoms with Crippen molar-refractivity contribution in [2.45, 2.75) is 27.2 Å². The molecule has 0 atom stereocenters. The predicted molar refractivity (Wildman–Crippen MR) is 71.8 cm³/mol. The maximum absolute atomic E-state index is 11.8. The van der Waals surface area contributed by atoms with Crippen LogP contribution in [-0.4, -0.2) is 34.4 Å².